The van der Waals surface area contributed by atoms with E-state index in [9.17, 15) is 0 Å². The second-order valence-corrected chi connectivity index (χ2v) is 5.40. The fraction of sp³-hybridized carbons (Fsp3) is 0.769. The summed E-state index contributed by atoms with van der Waals surface area (Å²) in [5, 5.41) is 0. The molecule has 2 fully saturated rings. The Morgan fingerprint density at radius 3 is 2.63 bits per heavy atom. The van der Waals surface area contributed by atoms with Gasteiger partial charge in [0.15, 0.2) is 0 Å². The Balaban J connectivity index is 1.63. The Morgan fingerprint density at radius 1 is 1.11 bits per heavy atom. The molecule has 1 aliphatic heterocycles. The molecule has 104 valence electrons. The van der Waals surface area contributed by atoms with Crippen LogP contribution in [0.4, 0.5) is 11.9 Å². The van der Waals surface area contributed by atoms with E-state index in [-0.39, 0.29) is 5.95 Å². The lowest BCUT2D eigenvalue weighted by molar-refractivity contribution is 0.279. The van der Waals surface area contributed by atoms with E-state index in [1.807, 2.05) is 0 Å². The molecule has 1 aromatic rings. The van der Waals surface area contributed by atoms with Gasteiger partial charge in [-0.15, -0.1) is 0 Å². The van der Waals surface area contributed by atoms with Crippen molar-refractivity contribution in [2.45, 2.75) is 38.5 Å². The molecule has 2 N–H and O–H groups in total. The van der Waals surface area contributed by atoms with Crippen molar-refractivity contribution < 1.29 is 4.74 Å². The van der Waals surface area contributed by atoms with Crippen LogP contribution in [0.2, 0.25) is 0 Å². The Bertz CT molecular complexity index is 429. The predicted molar refractivity (Wildman–Crippen MR) is 73.1 cm³/mol. The van der Waals surface area contributed by atoms with Crippen LogP contribution in [-0.4, -0.2) is 34.6 Å². The molecule has 0 spiro atoms. The number of piperidine rings is 1. The second-order valence-electron chi connectivity index (χ2n) is 5.40. The van der Waals surface area contributed by atoms with Crippen LogP contribution in [0, 0.1) is 5.92 Å². The average molecular weight is 263 g/mol. The average Bonchev–Trinajstić information content (AvgIpc) is 3.23. The Kier molecular flexibility index (Phi) is 3.66. The zero-order valence-electron chi connectivity index (χ0n) is 11.2. The smallest absolute Gasteiger partial charge is 0.323 e. The van der Waals surface area contributed by atoms with Gasteiger partial charge in [-0.1, -0.05) is 12.8 Å². The third kappa shape index (κ3) is 3.45. The number of ether oxygens (including phenoxy) is 1. The summed E-state index contributed by atoms with van der Waals surface area (Å²) in [5.74, 6) is 1.76. The number of nitrogens with zero attached hydrogens (tertiary/aromatic N) is 4. The summed E-state index contributed by atoms with van der Waals surface area (Å²) in [6.45, 7) is 2.66. The molecule has 1 saturated heterocycles. The molecule has 0 bridgehead atoms. The standard InChI is InChI=1S/C13H21N5O/c14-11-15-12(18-7-2-1-3-8-18)17-13(16-11)19-9-6-10-4-5-10/h10H,1-9H2,(H2,14,15,16,17). The van der Waals surface area contributed by atoms with Gasteiger partial charge in [0.1, 0.15) is 0 Å². The van der Waals surface area contributed by atoms with Gasteiger partial charge in [0.25, 0.3) is 0 Å². The molecule has 6 heteroatoms. The van der Waals surface area contributed by atoms with Crippen LogP contribution >= 0.6 is 0 Å². The van der Waals surface area contributed by atoms with Crippen molar-refractivity contribution in [3.8, 4) is 6.01 Å². The van der Waals surface area contributed by atoms with Gasteiger partial charge in [0, 0.05) is 13.1 Å². The van der Waals surface area contributed by atoms with E-state index < -0.39 is 0 Å². The van der Waals surface area contributed by atoms with Crippen LogP contribution in [0.5, 0.6) is 6.01 Å². The van der Waals surface area contributed by atoms with E-state index in [2.05, 4.69) is 19.9 Å². The van der Waals surface area contributed by atoms with Gasteiger partial charge in [-0.25, -0.2) is 0 Å². The zero-order valence-corrected chi connectivity index (χ0v) is 11.2. The highest BCUT2D eigenvalue weighted by Gasteiger charge is 2.21. The van der Waals surface area contributed by atoms with Crippen molar-refractivity contribution >= 4 is 11.9 Å². The number of anilines is 2. The van der Waals surface area contributed by atoms with Gasteiger partial charge in [-0.05, 0) is 31.6 Å². The molecule has 0 aromatic carbocycles. The molecule has 1 aliphatic carbocycles. The van der Waals surface area contributed by atoms with Crippen LogP contribution in [0.25, 0.3) is 0 Å². The lowest BCUT2D eigenvalue weighted by Crippen LogP contribution is -2.31. The van der Waals surface area contributed by atoms with Crippen LogP contribution in [0.1, 0.15) is 38.5 Å². The SMILES string of the molecule is Nc1nc(OCCC2CC2)nc(N2CCCCC2)n1. The fourth-order valence-electron chi connectivity index (χ4n) is 2.38. The number of rotatable bonds is 5. The number of hydrogen-bond acceptors (Lipinski definition) is 6. The molecule has 1 aromatic heterocycles. The molecular formula is C13H21N5O. The molecule has 2 heterocycles. The molecule has 0 radical (unpaired) electrons. The number of nitrogens with two attached hydrogens (primary N) is 1. The van der Waals surface area contributed by atoms with Gasteiger partial charge in [-0.2, -0.15) is 15.0 Å². The van der Waals surface area contributed by atoms with Crippen molar-refractivity contribution in [3.05, 3.63) is 0 Å². The summed E-state index contributed by atoms with van der Waals surface area (Å²) in [4.78, 5) is 14.8. The maximum absolute atomic E-state index is 5.74. The Labute approximate surface area is 113 Å². The van der Waals surface area contributed by atoms with Crippen molar-refractivity contribution in [1.82, 2.24) is 15.0 Å². The Morgan fingerprint density at radius 2 is 1.89 bits per heavy atom. The summed E-state index contributed by atoms with van der Waals surface area (Å²) >= 11 is 0. The topological polar surface area (TPSA) is 77.2 Å². The van der Waals surface area contributed by atoms with Gasteiger partial charge in [-0.3, -0.25) is 0 Å². The van der Waals surface area contributed by atoms with E-state index in [1.54, 1.807) is 0 Å². The second kappa shape index (κ2) is 5.59. The maximum Gasteiger partial charge on any atom is 0.323 e. The minimum atomic E-state index is 0.247. The number of nitrogen functional groups attached to an aromatic ring is 1. The van der Waals surface area contributed by atoms with E-state index in [4.69, 9.17) is 10.5 Å². The minimum absolute atomic E-state index is 0.247. The molecule has 2 aliphatic rings. The van der Waals surface area contributed by atoms with Crippen LogP contribution in [0.15, 0.2) is 0 Å². The highest BCUT2D eigenvalue weighted by molar-refractivity contribution is 5.36. The van der Waals surface area contributed by atoms with E-state index in [1.165, 1.54) is 32.1 Å². The van der Waals surface area contributed by atoms with Crippen molar-refractivity contribution in [2.75, 3.05) is 30.3 Å². The molecule has 6 nitrogen and oxygen atoms in total. The molecule has 3 rings (SSSR count). The van der Waals surface area contributed by atoms with Crippen LogP contribution < -0.4 is 15.4 Å². The first-order chi connectivity index (χ1) is 9.31. The summed E-state index contributed by atoms with van der Waals surface area (Å²) < 4.78 is 5.60. The molecule has 0 atom stereocenters. The van der Waals surface area contributed by atoms with E-state index in [0.717, 1.165) is 25.4 Å². The van der Waals surface area contributed by atoms with Gasteiger partial charge >= 0.3 is 6.01 Å². The largest absolute Gasteiger partial charge is 0.463 e. The predicted octanol–water partition coefficient (Wildman–Crippen LogP) is 1.62. The molecule has 1 saturated carbocycles. The first-order valence-electron chi connectivity index (χ1n) is 7.20. The summed E-state index contributed by atoms with van der Waals surface area (Å²) in [5.41, 5.74) is 5.74. The van der Waals surface area contributed by atoms with Crippen LogP contribution in [-0.2, 0) is 0 Å². The lowest BCUT2D eigenvalue weighted by atomic mass is 10.1. The van der Waals surface area contributed by atoms with Crippen molar-refractivity contribution in [2.24, 2.45) is 5.92 Å². The Hall–Kier alpha value is -1.59. The summed E-state index contributed by atoms with van der Waals surface area (Å²) in [6.07, 6.45) is 7.41. The highest BCUT2D eigenvalue weighted by atomic mass is 16.5. The molecular weight excluding hydrogens is 242 g/mol. The molecule has 0 amide bonds. The maximum atomic E-state index is 5.74. The summed E-state index contributed by atoms with van der Waals surface area (Å²) in [6, 6.07) is 0.369. The third-order valence-electron chi connectivity index (χ3n) is 3.71. The van der Waals surface area contributed by atoms with Crippen molar-refractivity contribution in [1.29, 1.82) is 0 Å². The first-order valence-corrected chi connectivity index (χ1v) is 7.20. The molecule has 0 unspecified atom stereocenters. The lowest BCUT2D eigenvalue weighted by Gasteiger charge is -2.26. The normalized spacial score (nSPS) is 19.5. The van der Waals surface area contributed by atoms with Gasteiger partial charge < -0.3 is 15.4 Å². The third-order valence-corrected chi connectivity index (χ3v) is 3.71. The zero-order chi connectivity index (χ0) is 13.1. The highest BCUT2D eigenvalue weighted by Crippen LogP contribution is 2.32. The van der Waals surface area contributed by atoms with E-state index in [0.29, 0.717) is 18.6 Å². The fourth-order valence-corrected chi connectivity index (χ4v) is 2.38. The first kappa shape index (κ1) is 12.4. The van der Waals surface area contributed by atoms with Gasteiger partial charge in [0.05, 0.1) is 6.61 Å². The number of hydrogen-bond donors (Lipinski definition) is 1. The van der Waals surface area contributed by atoms with Crippen LogP contribution in [0.3, 0.4) is 0 Å². The van der Waals surface area contributed by atoms with Gasteiger partial charge in [0.2, 0.25) is 11.9 Å². The minimum Gasteiger partial charge on any atom is -0.463 e. The molecule has 19 heavy (non-hydrogen) atoms. The monoisotopic (exact) mass is 263 g/mol. The van der Waals surface area contributed by atoms with Crippen molar-refractivity contribution in [3.63, 3.8) is 0 Å². The summed E-state index contributed by atoms with van der Waals surface area (Å²) in [7, 11) is 0. The van der Waals surface area contributed by atoms with E-state index >= 15 is 0 Å². The number of aromatic nitrogens is 3. The quantitative estimate of drug-likeness (QED) is 0.870.